The van der Waals surface area contributed by atoms with Crippen molar-refractivity contribution in [2.45, 2.75) is 0 Å². The molecule has 2 aromatic rings. The standard InChI is InChI=1S/C8H2Cl3NOS/c9-3-1-5-6(2-4(3)10)14-8(12-5)7(11)13/h1-2H. The number of hydrogen-bond acceptors (Lipinski definition) is 3. The van der Waals surface area contributed by atoms with Gasteiger partial charge < -0.3 is 0 Å². The van der Waals surface area contributed by atoms with E-state index in [1.807, 2.05) is 0 Å². The molecule has 0 saturated heterocycles. The molecule has 72 valence electrons. The molecule has 0 aliphatic carbocycles. The van der Waals surface area contributed by atoms with Crippen molar-refractivity contribution in [3.8, 4) is 0 Å². The van der Waals surface area contributed by atoms with Crippen LogP contribution >= 0.6 is 46.1 Å². The highest BCUT2D eigenvalue weighted by Crippen LogP contribution is 2.31. The number of halogens is 3. The van der Waals surface area contributed by atoms with Crippen LogP contribution < -0.4 is 0 Å². The zero-order chi connectivity index (χ0) is 10.3. The predicted octanol–water partition coefficient (Wildman–Crippen LogP) is 3.98. The monoisotopic (exact) mass is 265 g/mol. The third-order valence-corrected chi connectivity index (χ3v) is 3.63. The molecule has 14 heavy (non-hydrogen) atoms. The Morgan fingerprint density at radius 2 is 1.93 bits per heavy atom. The lowest BCUT2D eigenvalue weighted by atomic mass is 10.3. The van der Waals surface area contributed by atoms with E-state index in [0.29, 0.717) is 15.6 Å². The summed E-state index contributed by atoms with van der Waals surface area (Å²) in [6.07, 6.45) is 0. The van der Waals surface area contributed by atoms with Crippen molar-refractivity contribution in [2.24, 2.45) is 0 Å². The van der Waals surface area contributed by atoms with Gasteiger partial charge in [-0.1, -0.05) is 23.2 Å². The first kappa shape index (κ1) is 10.2. The molecule has 1 heterocycles. The Kier molecular flexibility index (Phi) is 2.66. The highest BCUT2D eigenvalue weighted by Gasteiger charge is 2.11. The molecule has 0 saturated carbocycles. The molecule has 0 aliphatic heterocycles. The minimum Gasteiger partial charge on any atom is -0.273 e. The number of thiazole rings is 1. The average Bonchev–Trinajstić information content (AvgIpc) is 2.48. The van der Waals surface area contributed by atoms with E-state index in [2.05, 4.69) is 4.98 Å². The van der Waals surface area contributed by atoms with Crippen LogP contribution in [0.15, 0.2) is 12.1 Å². The van der Waals surface area contributed by atoms with Crippen LogP contribution in [0.5, 0.6) is 0 Å². The molecule has 6 heteroatoms. The number of carbonyl (C=O) groups excluding carboxylic acids is 1. The summed E-state index contributed by atoms with van der Waals surface area (Å²) < 4.78 is 0.795. The molecular formula is C8H2Cl3NOS. The van der Waals surface area contributed by atoms with Gasteiger partial charge in [-0.15, -0.1) is 11.3 Å². The van der Waals surface area contributed by atoms with Gasteiger partial charge in [0, 0.05) is 0 Å². The third kappa shape index (κ3) is 1.73. The average molecular weight is 267 g/mol. The van der Waals surface area contributed by atoms with Crippen LogP contribution in [-0.2, 0) is 0 Å². The maximum absolute atomic E-state index is 10.8. The topological polar surface area (TPSA) is 30.0 Å². The molecule has 0 spiro atoms. The summed E-state index contributed by atoms with van der Waals surface area (Å²) in [6, 6.07) is 3.28. The minimum atomic E-state index is -0.571. The van der Waals surface area contributed by atoms with Gasteiger partial charge >= 0.3 is 0 Å². The van der Waals surface area contributed by atoms with E-state index >= 15 is 0 Å². The highest BCUT2D eigenvalue weighted by atomic mass is 35.5. The summed E-state index contributed by atoms with van der Waals surface area (Å²) in [5, 5.41) is 0.535. The minimum absolute atomic E-state index is 0.250. The Labute approximate surface area is 98.4 Å². The second-order valence-electron chi connectivity index (χ2n) is 2.53. The molecule has 0 amide bonds. The van der Waals surface area contributed by atoms with Crippen LogP contribution in [-0.4, -0.2) is 10.2 Å². The number of carbonyl (C=O) groups is 1. The second kappa shape index (κ2) is 3.66. The predicted molar refractivity (Wildman–Crippen MR) is 59.8 cm³/mol. The smallest absolute Gasteiger partial charge is 0.273 e. The molecule has 0 atom stereocenters. The first-order valence-corrected chi connectivity index (χ1v) is 5.48. The summed E-state index contributed by atoms with van der Waals surface area (Å²) in [5.41, 5.74) is 0.633. The Hall–Kier alpha value is -0.350. The van der Waals surface area contributed by atoms with E-state index in [1.54, 1.807) is 12.1 Å². The lowest BCUT2D eigenvalue weighted by molar-refractivity contribution is 0.108. The molecule has 0 unspecified atom stereocenters. The molecule has 0 bridgehead atoms. The van der Waals surface area contributed by atoms with Crippen molar-refractivity contribution in [3.63, 3.8) is 0 Å². The Balaban J connectivity index is 2.72. The van der Waals surface area contributed by atoms with Crippen molar-refractivity contribution in [1.82, 2.24) is 4.98 Å². The molecule has 0 N–H and O–H groups in total. The van der Waals surface area contributed by atoms with Gasteiger partial charge in [0.25, 0.3) is 5.24 Å². The quantitative estimate of drug-likeness (QED) is 0.731. The van der Waals surface area contributed by atoms with E-state index in [-0.39, 0.29) is 5.01 Å². The van der Waals surface area contributed by atoms with Crippen molar-refractivity contribution in [2.75, 3.05) is 0 Å². The number of hydrogen-bond donors (Lipinski definition) is 0. The molecule has 2 rings (SSSR count). The van der Waals surface area contributed by atoms with Gasteiger partial charge in [-0.05, 0) is 23.7 Å². The summed E-state index contributed by atoms with van der Waals surface area (Å²) in [7, 11) is 0. The molecule has 1 aromatic heterocycles. The highest BCUT2D eigenvalue weighted by molar-refractivity contribution is 7.21. The number of benzene rings is 1. The van der Waals surface area contributed by atoms with E-state index in [4.69, 9.17) is 34.8 Å². The van der Waals surface area contributed by atoms with Crippen LogP contribution in [0.25, 0.3) is 10.2 Å². The largest absolute Gasteiger partial charge is 0.281 e. The molecule has 0 aliphatic rings. The van der Waals surface area contributed by atoms with Gasteiger partial charge in [0.15, 0.2) is 5.01 Å². The Morgan fingerprint density at radius 1 is 1.29 bits per heavy atom. The summed E-state index contributed by atoms with van der Waals surface area (Å²) in [5.74, 6) is 0. The normalized spacial score (nSPS) is 10.8. The van der Waals surface area contributed by atoms with Crippen LogP contribution in [0.3, 0.4) is 0 Å². The van der Waals surface area contributed by atoms with Gasteiger partial charge in [0.1, 0.15) is 0 Å². The second-order valence-corrected chi connectivity index (χ2v) is 4.72. The van der Waals surface area contributed by atoms with Gasteiger partial charge in [0.2, 0.25) is 0 Å². The fraction of sp³-hybridized carbons (Fsp3) is 0. The summed E-state index contributed by atoms with van der Waals surface area (Å²) in [4.78, 5) is 14.8. The SMILES string of the molecule is O=C(Cl)c1nc2cc(Cl)c(Cl)cc2s1. The fourth-order valence-electron chi connectivity index (χ4n) is 1.01. The number of rotatable bonds is 1. The maximum Gasteiger partial charge on any atom is 0.281 e. The van der Waals surface area contributed by atoms with E-state index in [0.717, 1.165) is 4.70 Å². The van der Waals surface area contributed by atoms with Gasteiger partial charge in [0.05, 0.1) is 20.3 Å². The lowest BCUT2D eigenvalue weighted by Crippen LogP contribution is -1.84. The van der Waals surface area contributed by atoms with Crippen LogP contribution in [0, 0.1) is 0 Å². The van der Waals surface area contributed by atoms with Crippen molar-refractivity contribution >= 4 is 61.6 Å². The Bertz CT molecular complexity index is 484. The summed E-state index contributed by atoms with van der Waals surface area (Å²) >= 11 is 18.1. The van der Waals surface area contributed by atoms with Crippen molar-refractivity contribution < 1.29 is 4.79 Å². The van der Waals surface area contributed by atoms with Crippen LogP contribution in [0.4, 0.5) is 0 Å². The van der Waals surface area contributed by atoms with Gasteiger partial charge in [-0.3, -0.25) is 4.79 Å². The van der Waals surface area contributed by atoms with Crippen molar-refractivity contribution in [1.29, 1.82) is 0 Å². The molecule has 0 radical (unpaired) electrons. The summed E-state index contributed by atoms with van der Waals surface area (Å²) in [6.45, 7) is 0. The van der Waals surface area contributed by atoms with E-state index < -0.39 is 5.24 Å². The van der Waals surface area contributed by atoms with Gasteiger partial charge in [-0.2, -0.15) is 0 Å². The first-order chi connectivity index (χ1) is 6.58. The zero-order valence-electron chi connectivity index (χ0n) is 6.55. The molecule has 2 nitrogen and oxygen atoms in total. The van der Waals surface area contributed by atoms with E-state index in [1.165, 1.54) is 11.3 Å². The number of nitrogens with zero attached hydrogens (tertiary/aromatic N) is 1. The van der Waals surface area contributed by atoms with Gasteiger partial charge in [-0.25, -0.2) is 4.98 Å². The molecule has 1 aromatic carbocycles. The van der Waals surface area contributed by atoms with E-state index in [9.17, 15) is 4.79 Å². The number of fused-ring (bicyclic) bond motifs is 1. The number of aromatic nitrogens is 1. The van der Waals surface area contributed by atoms with Crippen LogP contribution in [0.2, 0.25) is 10.0 Å². The molecular weight excluding hydrogens is 265 g/mol. The third-order valence-electron chi connectivity index (χ3n) is 1.60. The Morgan fingerprint density at radius 3 is 2.57 bits per heavy atom. The lowest BCUT2D eigenvalue weighted by Gasteiger charge is -1.92. The fourth-order valence-corrected chi connectivity index (χ4v) is 2.37. The maximum atomic E-state index is 10.8. The zero-order valence-corrected chi connectivity index (χ0v) is 9.64. The van der Waals surface area contributed by atoms with Crippen LogP contribution in [0.1, 0.15) is 9.80 Å². The van der Waals surface area contributed by atoms with Crippen molar-refractivity contribution in [3.05, 3.63) is 27.2 Å². The first-order valence-electron chi connectivity index (χ1n) is 3.53. The molecule has 0 fully saturated rings.